The van der Waals surface area contributed by atoms with Gasteiger partial charge in [-0.05, 0) is 12.5 Å². The fourth-order valence-electron chi connectivity index (χ4n) is 1.64. The monoisotopic (exact) mass is 251 g/mol. The molecule has 18 heavy (non-hydrogen) atoms. The summed E-state index contributed by atoms with van der Waals surface area (Å²) in [7, 11) is 0. The Kier molecular flexibility index (Phi) is 4.85. The molecular formula is C13H17NO4. The second-order valence-corrected chi connectivity index (χ2v) is 4.11. The van der Waals surface area contributed by atoms with Crippen LogP contribution in [0.4, 0.5) is 0 Å². The van der Waals surface area contributed by atoms with Gasteiger partial charge in [-0.2, -0.15) is 0 Å². The summed E-state index contributed by atoms with van der Waals surface area (Å²) in [4.78, 5) is 22.6. The second kappa shape index (κ2) is 6.16. The molecule has 0 fully saturated rings. The lowest BCUT2D eigenvalue weighted by Crippen LogP contribution is -2.51. The number of benzene rings is 1. The third-order valence-corrected chi connectivity index (χ3v) is 2.55. The van der Waals surface area contributed by atoms with Gasteiger partial charge in [-0.25, -0.2) is 0 Å². The molecule has 0 aliphatic carbocycles. The largest absolute Gasteiger partial charge is 0.480 e. The maximum absolute atomic E-state index is 11.4. The Balaban J connectivity index is 2.81. The van der Waals surface area contributed by atoms with Gasteiger partial charge in [0.25, 0.3) is 0 Å². The SMILES string of the molecule is CCOC(=O)C[C@](N)(Cc1ccccc1)C(=O)O. The van der Waals surface area contributed by atoms with Crippen molar-refractivity contribution in [3.05, 3.63) is 35.9 Å². The molecule has 0 saturated carbocycles. The topological polar surface area (TPSA) is 89.6 Å². The number of carboxylic acid groups (broad SMARTS) is 1. The first-order valence-corrected chi connectivity index (χ1v) is 5.70. The molecular weight excluding hydrogens is 234 g/mol. The zero-order valence-corrected chi connectivity index (χ0v) is 10.3. The highest BCUT2D eigenvalue weighted by Gasteiger charge is 2.37. The molecule has 0 radical (unpaired) electrons. The molecule has 0 aliphatic heterocycles. The van der Waals surface area contributed by atoms with Crippen molar-refractivity contribution in [3.8, 4) is 0 Å². The molecule has 1 aromatic carbocycles. The maximum Gasteiger partial charge on any atom is 0.324 e. The average Bonchev–Trinajstić information content (AvgIpc) is 2.30. The summed E-state index contributed by atoms with van der Waals surface area (Å²) >= 11 is 0. The highest BCUT2D eigenvalue weighted by Crippen LogP contribution is 2.16. The minimum absolute atomic E-state index is 0.0853. The minimum atomic E-state index is -1.63. The third kappa shape index (κ3) is 3.85. The van der Waals surface area contributed by atoms with E-state index in [9.17, 15) is 14.7 Å². The van der Waals surface area contributed by atoms with Gasteiger partial charge in [-0.3, -0.25) is 9.59 Å². The van der Waals surface area contributed by atoms with Gasteiger partial charge in [0.15, 0.2) is 0 Å². The van der Waals surface area contributed by atoms with E-state index in [0.717, 1.165) is 5.56 Å². The van der Waals surface area contributed by atoms with E-state index in [1.54, 1.807) is 31.2 Å². The molecule has 0 bridgehead atoms. The Morgan fingerprint density at radius 3 is 2.44 bits per heavy atom. The molecule has 3 N–H and O–H groups in total. The molecule has 0 unspecified atom stereocenters. The van der Waals surface area contributed by atoms with Gasteiger partial charge in [0.2, 0.25) is 0 Å². The lowest BCUT2D eigenvalue weighted by atomic mass is 9.88. The molecule has 1 aromatic rings. The lowest BCUT2D eigenvalue weighted by Gasteiger charge is -2.23. The van der Waals surface area contributed by atoms with E-state index in [1.807, 2.05) is 6.07 Å². The first kappa shape index (κ1) is 14.2. The summed E-state index contributed by atoms with van der Waals surface area (Å²) in [5, 5.41) is 9.18. The first-order valence-electron chi connectivity index (χ1n) is 5.70. The quantitative estimate of drug-likeness (QED) is 0.735. The van der Waals surface area contributed by atoms with Gasteiger partial charge in [-0.1, -0.05) is 30.3 Å². The number of aliphatic carboxylic acids is 1. The summed E-state index contributed by atoms with van der Waals surface area (Å²) in [6, 6.07) is 8.96. The second-order valence-electron chi connectivity index (χ2n) is 4.11. The van der Waals surface area contributed by atoms with Gasteiger partial charge < -0.3 is 15.6 Å². The fourth-order valence-corrected chi connectivity index (χ4v) is 1.64. The van der Waals surface area contributed by atoms with Crippen LogP contribution < -0.4 is 5.73 Å². The predicted molar refractivity (Wildman–Crippen MR) is 66.0 cm³/mol. The molecule has 0 saturated heterocycles. The van der Waals surface area contributed by atoms with Crippen LogP contribution in [0.2, 0.25) is 0 Å². The number of carboxylic acids is 1. The number of hydrogen-bond donors (Lipinski definition) is 2. The standard InChI is InChI=1S/C13H17NO4/c1-2-18-11(15)9-13(14,12(16)17)8-10-6-4-3-5-7-10/h3-7H,2,8-9,14H2,1H3,(H,16,17)/t13-/m1/s1. The van der Waals surface area contributed by atoms with Crippen molar-refractivity contribution in [3.63, 3.8) is 0 Å². The van der Waals surface area contributed by atoms with Crippen molar-refractivity contribution >= 4 is 11.9 Å². The molecule has 0 aliphatic rings. The van der Waals surface area contributed by atoms with Crippen LogP contribution in [0.25, 0.3) is 0 Å². The summed E-state index contributed by atoms with van der Waals surface area (Å²) in [5.74, 6) is -1.81. The zero-order chi connectivity index (χ0) is 13.6. The Bertz CT molecular complexity index is 418. The van der Waals surface area contributed by atoms with Crippen LogP contribution in [0, 0.1) is 0 Å². The number of carbonyl (C=O) groups excluding carboxylic acids is 1. The Labute approximate surface area is 106 Å². The number of nitrogens with two attached hydrogens (primary N) is 1. The van der Waals surface area contributed by atoms with Crippen molar-refractivity contribution in [2.24, 2.45) is 5.73 Å². The van der Waals surface area contributed by atoms with Crippen LogP contribution >= 0.6 is 0 Å². The molecule has 0 heterocycles. The minimum Gasteiger partial charge on any atom is -0.480 e. The Hall–Kier alpha value is -1.88. The smallest absolute Gasteiger partial charge is 0.324 e. The zero-order valence-electron chi connectivity index (χ0n) is 10.3. The normalized spacial score (nSPS) is 13.7. The molecule has 1 rings (SSSR count). The molecule has 0 spiro atoms. The van der Waals surface area contributed by atoms with E-state index in [2.05, 4.69) is 0 Å². The van der Waals surface area contributed by atoms with Crippen LogP contribution in [0.3, 0.4) is 0 Å². The average molecular weight is 251 g/mol. The van der Waals surface area contributed by atoms with Crippen molar-refractivity contribution in [1.82, 2.24) is 0 Å². The highest BCUT2D eigenvalue weighted by atomic mass is 16.5. The molecule has 5 nitrogen and oxygen atoms in total. The van der Waals surface area contributed by atoms with E-state index < -0.39 is 17.5 Å². The lowest BCUT2D eigenvalue weighted by molar-refractivity contribution is -0.152. The molecule has 0 aromatic heterocycles. The van der Waals surface area contributed by atoms with E-state index in [4.69, 9.17) is 10.5 Å². The van der Waals surface area contributed by atoms with Crippen LogP contribution in [0.1, 0.15) is 18.9 Å². The number of hydrogen-bond acceptors (Lipinski definition) is 4. The predicted octanol–water partition coefficient (Wildman–Crippen LogP) is 0.964. The molecule has 1 atom stereocenters. The summed E-state index contributed by atoms with van der Waals surface area (Å²) in [6.07, 6.45) is -0.257. The van der Waals surface area contributed by atoms with Crippen molar-refractivity contribution < 1.29 is 19.4 Å². The van der Waals surface area contributed by atoms with Crippen LogP contribution in [0.5, 0.6) is 0 Å². The van der Waals surface area contributed by atoms with E-state index >= 15 is 0 Å². The van der Waals surface area contributed by atoms with E-state index in [-0.39, 0.29) is 19.4 Å². The Morgan fingerprint density at radius 2 is 1.94 bits per heavy atom. The van der Waals surface area contributed by atoms with Crippen molar-refractivity contribution in [2.45, 2.75) is 25.3 Å². The summed E-state index contributed by atoms with van der Waals surface area (Å²) in [6.45, 7) is 1.87. The Morgan fingerprint density at radius 1 is 1.33 bits per heavy atom. The number of carbonyl (C=O) groups is 2. The van der Waals surface area contributed by atoms with Gasteiger partial charge >= 0.3 is 11.9 Å². The first-order chi connectivity index (χ1) is 8.48. The molecule has 98 valence electrons. The molecule has 0 amide bonds. The fraction of sp³-hybridized carbons (Fsp3) is 0.385. The van der Waals surface area contributed by atoms with E-state index in [0.29, 0.717) is 0 Å². The summed E-state index contributed by atoms with van der Waals surface area (Å²) < 4.78 is 4.74. The highest BCUT2D eigenvalue weighted by molar-refractivity contribution is 5.85. The van der Waals surface area contributed by atoms with Gasteiger partial charge in [0.1, 0.15) is 5.54 Å². The van der Waals surface area contributed by atoms with Gasteiger partial charge in [0, 0.05) is 6.42 Å². The third-order valence-electron chi connectivity index (χ3n) is 2.55. The van der Waals surface area contributed by atoms with E-state index in [1.165, 1.54) is 0 Å². The van der Waals surface area contributed by atoms with Crippen LogP contribution in [-0.2, 0) is 20.7 Å². The molecule has 5 heteroatoms. The van der Waals surface area contributed by atoms with Crippen LogP contribution in [-0.4, -0.2) is 29.2 Å². The van der Waals surface area contributed by atoms with Crippen LogP contribution in [0.15, 0.2) is 30.3 Å². The maximum atomic E-state index is 11.4. The number of rotatable bonds is 6. The van der Waals surface area contributed by atoms with Gasteiger partial charge in [0.05, 0.1) is 13.0 Å². The van der Waals surface area contributed by atoms with Crippen molar-refractivity contribution in [1.29, 1.82) is 0 Å². The number of ether oxygens (including phenoxy) is 1. The van der Waals surface area contributed by atoms with Gasteiger partial charge in [-0.15, -0.1) is 0 Å². The summed E-state index contributed by atoms with van der Waals surface area (Å²) in [5.41, 5.74) is 4.94. The number of esters is 1. The van der Waals surface area contributed by atoms with Crippen molar-refractivity contribution in [2.75, 3.05) is 6.61 Å².